The number of carbonyl (C=O) groups is 1. The second-order valence-corrected chi connectivity index (χ2v) is 4.00. The van der Waals surface area contributed by atoms with E-state index in [9.17, 15) is 23.1 Å². The lowest BCUT2D eigenvalue weighted by Gasteiger charge is -2.29. The van der Waals surface area contributed by atoms with Gasteiger partial charge in [0.1, 0.15) is 5.54 Å². The molecule has 0 aliphatic carbocycles. The lowest BCUT2D eigenvalue weighted by atomic mass is 9.87. The third-order valence-corrected chi connectivity index (χ3v) is 2.73. The number of hydrogen-bond acceptors (Lipinski definition) is 2. The van der Waals surface area contributed by atoms with Gasteiger partial charge in [0.05, 0.1) is 5.56 Å². The summed E-state index contributed by atoms with van der Waals surface area (Å²) in [4.78, 5) is 11.3. The molecule has 18 heavy (non-hydrogen) atoms. The maximum absolute atomic E-state index is 12.9. The Bertz CT molecular complexity index is 445. The van der Waals surface area contributed by atoms with E-state index in [1.807, 2.05) is 0 Å². The largest absolute Gasteiger partial charge is 0.480 e. The second-order valence-electron chi connectivity index (χ2n) is 4.00. The highest BCUT2D eigenvalue weighted by Gasteiger charge is 2.42. The van der Waals surface area contributed by atoms with Crippen LogP contribution in [0.25, 0.3) is 0 Å². The third kappa shape index (κ3) is 2.64. The number of halogens is 3. The number of rotatable bonds is 4. The van der Waals surface area contributed by atoms with E-state index in [-0.39, 0.29) is 12.1 Å². The summed E-state index contributed by atoms with van der Waals surface area (Å²) >= 11 is 0. The summed E-state index contributed by atoms with van der Waals surface area (Å²) in [6.45, 7) is 3.11. The Kier molecular flexibility index (Phi) is 4.01. The molecule has 1 aromatic carbocycles. The van der Waals surface area contributed by atoms with Crippen LogP contribution in [0.3, 0.4) is 0 Å². The Labute approximate surface area is 103 Å². The molecule has 1 aromatic rings. The molecule has 6 heteroatoms. The monoisotopic (exact) mass is 261 g/mol. The molecule has 0 spiro atoms. The van der Waals surface area contributed by atoms with E-state index in [0.29, 0.717) is 0 Å². The highest BCUT2D eigenvalue weighted by Crippen LogP contribution is 2.36. The van der Waals surface area contributed by atoms with Crippen molar-refractivity contribution in [2.75, 3.05) is 6.54 Å². The van der Waals surface area contributed by atoms with Crippen LogP contribution in [-0.4, -0.2) is 17.6 Å². The molecule has 100 valence electrons. The third-order valence-electron chi connectivity index (χ3n) is 2.73. The summed E-state index contributed by atoms with van der Waals surface area (Å²) in [6.07, 6.45) is -4.58. The Morgan fingerprint density at radius 2 is 1.78 bits per heavy atom. The first-order chi connectivity index (χ1) is 8.23. The fraction of sp³-hybridized carbons (Fsp3) is 0.417. The Hall–Kier alpha value is -1.56. The minimum atomic E-state index is -4.58. The zero-order chi connectivity index (χ0) is 14.0. The van der Waals surface area contributed by atoms with Crippen molar-refractivity contribution in [1.29, 1.82) is 0 Å². The normalized spacial score (nSPS) is 15.2. The summed E-state index contributed by atoms with van der Waals surface area (Å²) in [5.41, 5.74) is -2.98. The Morgan fingerprint density at radius 3 is 2.17 bits per heavy atom. The summed E-state index contributed by atoms with van der Waals surface area (Å²) < 4.78 is 38.6. The molecule has 0 bridgehead atoms. The van der Waals surface area contributed by atoms with Gasteiger partial charge in [-0.3, -0.25) is 5.32 Å². The predicted molar refractivity (Wildman–Crippen MR) is 60.1 cm³/mol. The smallest absolute Gasteiger partial charge is 0.416 e. The van der Waals surface area contributed by atoms with E-state index in [1.165, 1.54) is 25.1 Å². The number of benzene rings is 1. The average molecular weight is 261 g/mol. The van der Waals surface area contributed by atoms with Gasteiger partial charge in [-0.05, 0) is 25.1 Å². The number of likely N-dealkylation sites (N-methyl/N-ethyl adjacent to an activating group) is 1. The quantitative estimate of drug-likeness (QED) is 0.876. The van der Waals surface area contributed by atoms with Crippen LogP contribution in [-0.2, 0) is 16.5 Å². The van der Waals surface area contributed by atoms with Crippen LogP contribution in [0.15, 0.2) is 24.3 Å². The topological polar surface area (TPSA) is 49.3 Å². The van der Waals surface area contributed by atoms with Crippen LogP contribution in [0.5, 0.6) is 0 Å². The SMILES string of the molecule is CCN[C@@](C)(C(=O)O)c1ccccc1C(F)(F)F. The molecule has 3 nitrogen and oxygen atoms in total. The maximum Gasteiger partial charge on any atom is 0.416 e. The van der Waals surface area contributed by atoms with Gasteiger partial charge in [-0.25, -0.2) is 4.79 Å². The van der Waals surface area contributed by atoms with Crippen molar-refractivity contribution in [3.63, 3.8) is 0 Å². The fourth-order valence-corrected chi connectivity index (χ4v) is 1.81. The number of aliphatic carboxylic acids is 1. The first-order valence-electron chi connectivity index (χ1n) is 5.38. The predicted octanol–water partition coefficient (Wildman–Crippen LogP) is 2.61. The van der Waals surface area contributed by atoms with Crippen LogP contribution < -0.4 is 5.32 Å². The van der Waals surface area contributed by atoms with Crippen LogP contribution in [0.4, 0.5) is 13.2 Å². The molecule has 0 saturated carbocycles. The van der Waals surface area contributed by atoms with Crippen molar-refractivity contribution in [3.05, 3.63) is 35.4 Å². The summed E-state index contributed by atoms with van der Waals surface area (Å²) in [7, 11) is 0. The summed E-state index contributed by atoms with van der Waals surface area (Å²) in [5, 5.41) is 11.8. The van der Waals surface area contributed by atoms with Crippen molar-refractivity contribution in [1.82, 2.24) is 5.32 Å². The fourth-order valence-electron chi connectivity index (χ4n) is 1.81. The van der Waals surface area contributed by atoms with Crippen molar-refractivity contribution >= 4 is 5.97 Å². The van der Waals surface area contributed by atoms with E-state index in [4.69, 9.17) is 0 Å². The number of alkyl halides is 3. The first kappa shape index (κ1) is 14.5. The number of carboxylic acid groups (broad SMARTS) is 1. The van der Waals surface area contributed by atoms with Gasteiger partial charge in [0.25, 0.3) is 0 Å². The van der Waals surface area contributed by atoms with Gasteiger partial charge in [-0.15, -0.1) is 0 Å². The molecule has 0 amide bonds. The summed E-state index contributed by atoms with van der Waals surface area (Å²) in [5.74, 6) is -1.35. The first-order valence-corrected chi connectivity index (χ1v) is 5.38. The van der Waals surface area contributed by atoms with E-state index in [0.717, 1.165) is 6.07 Å². The van der Waals surface area contributed by atoms with Crippen LogP contribution >= 0.6 is 0 Å². The van der Waals surface area contributed by atoms with Crippen molar-refractivity contribution in [2.45, 2.75) is 25.6 Å². The molecule has 0 radical (unpaired) electrons. The standard InChI is InChI=1S/C12H14F3NO2/c1-3-16-11(2,10(17)18)8-6-4-5-7-9(8)12(13,14)15/h4-7,16H,3H2,1-2H3,(H,17,18)/t11-/m1/s1. The lowest BCUT2D eigenvalue weighted by Crippen LogP contribution is -2.47. The molecule has 0 aliphatic heterocycles. The van der Waals surface area contributed by atoms with E-state index >= 15 is 0 Å². The van der Waals surface area contributed by atoms with Gasteiger partial charge < -0.3 is 5.11 Å². The second kappa shape index (κ2) is 4.97. The van der Waals surface area contributed by atoms with Gasteiger partial charge in [0, 0.05) is 0 Å². The summed E-state index contributed by atoms with van der Waals surface area (Å²) in [6, 6.07) is 4.69. The maximum atomic E-state index is 12.9. The molecule has 0 unspecified atom stereocenters. The zero-order valence-corrected chi connectivity index (χ0v) is 10.0. The van der Waals surface area contributed by atoms with E-state index in [1.54, 1.807) is 6.92 Å². The molecule has 0 heterocycles. The Balaban J connectivity index is 3.43. The molecular weight excluding hydrogens is 247 g/mol. The molecule has 2 N–H and O–H groups in total. The molecular formula is C12H14F3NO2. The van der Waals surface area contributed by atoms with Gasteiger partial charge >= 0.3 is 12.1 Å². The number of hydrogen-bond donors (Lipinski definition) is 2. The van der Waals surface area contributed by atoms with Gasteiger partial charge in [0.2, 0.25) is 0 Å². The Morgan fingerprint density at radius 1 is 1.28 bits per heavy atom. The van der Waals surface area contributed by atoms with Crippen LogP contribution in [0, 0.1) is 0 Å². The minimum absolute atomic E-state index is 0.245. The molecule has 0 fully saturated rings. The number of carboxylic acids is 1. The van der Waals surface area contributed by atoms with Gasteiger partial charge in [-0.1, -0.05) is 25.1 Å². The van der Waals surface area contributed by atoms with E-state index in [2.05, 4.69) is 5.32 Å². The molecule has 1 atom stereocenters. The van der Waals surface area contributed by atoms with Crippen molar-refractivity contribution in [2.24, 2.45) is 0 Å². The van der Waals surface area contributed by atoms with Crippen molar-refractivity contribution < 1.29 is 23.1 Å². The average Bonchev–Trinajstić information content (AvgIpc) is 2.28. The molecule has 0 aliphatic rings. The number of nitrogens with one attached hydrogen (secondary N) is 1. The molecule has 0 saturated heterocycles. The van der Waals surface area contributed by atoms with Gasteiger partial charge in [-0.2, -0.15) is 13.2 Å². The molecule has 1 rings (SSSR count). The van der Waals surface area contributed by atoms with Crippen molar-refractivity contribution in [3.8, 4) is 0 Å². The zero-order valence-electron chi connectivity index (χ0n) is 10.0. The lowest BCUT2D eigenvalue weighted by molar-refractivity contribution is -0.146. The highest BCUT2D eigenvalue weighted by molar-refractivity contribution is 5.81. The van der Waals surface area contributed by atoms with E-state index < -0.39 is 23.2 Å². The van der Waals surface area contributed by atoms with Crippen LogP contribution in [0.1, 0.15) is 25.0 Å². The highest BCUT2D eigenvalue weighted by atomic mass is 19.4. The molecule has 0 aromatic heterocycles. The van der Waals surface area contributed by atoms with Crippen LogP contribution in [0.2, 0.25) is 0 Å². The van der Waals surface area contributed by atoms with Gasteiger partial charge in [0.15, 0.2) is 0 Å². The minimum Gasteiger partial charge on any atom is -0.480 e.